The molecule has 0 amide bonds. The van der Waals surface area contributed by atoms with E-state index in [1.165, 1.54) is 16.6 Å². The Bertz CT molecular complexity index is 502. The number of hydrogen-bond acceptors (Lipinski definition) is 1. The number of halogens is 1. The Balaban J connectivity index is 2.24. The van der Waals surface area contributed by atoms with Gasteiger partial charge in [-0.05, 0) is 23.3 Å². The van der Waals surface area contributed by atoms with Crippen molar-refractivity contribution in [2.45, 2.75) is 19.6 Å². The second-order valence-corrected chi connectivity index (χ2v) is 4.02. The molecule has 1 aliphatic rings. The van der Waals surface area contributed by atoms with Crippen molar-refractivity contribution < 1.29 is 4.39 Å². The molecule has 78 valence electrons. The first-order valence-electron chi connectivity index (χ1n) is 5.27. The molecule has 0 bridgehead atoms. The van der Waals surface area contributed by atoms with Gasteiger partial charge in [-0.1, -0.05) is 6.07 Å². The van der Waals surface area contributed by atoms with Crippen molar-refractivity contribution in [3.8, 4) is 0 Å². The van der Waals surface area contributed by atoms with E-state index in [1.807, 2.05) is 18.2 Å². The van der Waals surface area contributed by atoms with E-state index in [0.29, 0.717) is 0 Å². The van der Waals surface area contributed by atoms with E-state index in [2.05, 4.69) is 10.3 Å². The summed E-state index contributed by atoms with van der Waals surface area (Å²) >= 11 is 0. The summed E-state index contributed by atoms with van der Waals surface area (Å²) in [5.74, 6) is 0. The van der Waals surface area contributed by atoms with Crippen molar-refractivity contribution >= 4 is 10.9 Å². The number of hydrogen-bond donors (Lipinski definition) is 2. The molecule has 0 saturated carbocycles. The molecule has 2 heterocycles. The Hall–Kier alpha value is -1.35. The fourth-order valence-corrected chi connectivity index (χ4v) is 2.28. The van der Waals surface area contributed by atoms with Crippen LogP contribution in [0.25, 0.3) is 10.9 Å². The van der Waals surface area contributed by atoms with Crippen LogP contribution in [0.3, 0.4) is 0 Å². The standard InChI is InChI=1S/C12H13FN2/c13-6-8-1-2-11-9(5-8)10-7-14-4-3-12(10)15-11/h1-2,5,14-15H,3-4,6-7H2. The summed E-state index contributed by atoms with van der Waals surface area (Å²) < 4.78 is 12.6. The topological polar surface area (TPSA) is 27.8 Å². The number of nitrogens with one attached hydrogen (secondary N) is 2. The Morgan fingerprint density at radius 2 is 2.27 bits per heavy atom. The average molecular weight is 204 g/mol. The maximum Gasteiger partial charge on any atom is 0.115 e. The number of rotatable bonds is 1. The largest absolute Gasteiger partial charge is 0.358 e. The summed E-state index contributed by atoms with van der Waals surface area (Å²) in [4.78, 5) is 3.40. The molecule has 2 N–H and O–H groups in total. The first-order valence-corrected chi connectivity index (χ1v) is 5.27. The summed E-state index contributed by atoms with van der Waals surface area (Å²) in [6, 6.07) is 5.78. The maximum atomic E-state index is 12.6. The third-order valence-electron chi connectivity index (χ3n) is 3.07. The van der Waals surface area contributed by atoms with E-state index in [1.54, 1.807) is 0 Å². The predicted octanol–water partition coefficient (Wildman–Crippen LogP) is 2.28. The molecular formula is C12H13FN2. The lowest BCUT2D eigenvalue weighted by molar-refractivity contribution is 0.485. The van der Waals surface area contributed by atoms with Gasteiger partial charge in [-0.3, -0.25) is 0 Å². The number of fused-ring (bicyclic) bond motifs is 3. The molecule has 0 atom stereocenters. The van der Waals surface area contributed by atoms with Gasteiger partial charge in [0.2, 0.25) is 0 Å². The molecule has 2 nitrogen and oxygen atoms in total. The van der Waals surface area contributed by atoms with Gasteiger partial charge in [0.15, 0.2) is 0 Å². The molecule has 15 heavy (non-hydrogen) atoms. The van der Waals surface area contributed by atoms with E-state index in [9.17, 15) is 4.39 Å². The van der Waals surface area contributed by atoms with Crippen LogP contribution < -0.4 is 5.32 Å². The molecule has 1 aromatic carbocycles. The fraction of sp³-hybridized carbons (Fsp3) is 0.333. The molecule has 0 saturated heterocycles. The number of aromatic amines is 1. The molecule has 0 spiro atoms. The van der Waals surface area contributed by atoms with E-state index in [4.69, 9.17) is 0 Å². The molecule has 2 aromatic rings. The molecule has 0 unspecified atom stereocenters. The minimum Gasteiger partial charge on any atom is -0.358 e. The van der Waals surface area contributed by atoms with Gasteiger partial charge in [-0.25, -0.2) is 4.39 Å². The summed E-state index contributed by atoms with van der Waals surface area (Å²) in [6.45, 7) is 1.53. The fourth-order valence-electron chi connectivity index (χ4n) is 2.28. The van der Waals surface area contributed by atoms with Crippen LogP contribution in [0.4, 0.5) is 4.39 Å². The van der Waals surface area contributed by atoms with E-state index in [-0.39, 0.29) is 6.67 Å². The molecule has 3 heteroatoms. The summed E-state index contributed by atoms with van der Waals surface area (Å²) in [5.41, 5.74) is 4.50. The second-order valence-electron chi connectivity index (χ2n) is 4.02. The SMILES string of the molecule is FCc1ccc2[nH]c3c(c2c1)CNCC3. The Labute approximate surface area is 87.5 Å². The summed E-state index contributed by atoms with van der Waals surface area (Å²) in [7, 11) is 0. The van der Waals surface area contributed by atoms with E-state index in [0.717, 1.165) is 30.6 Å². The van der Waals surface area contributed by atoms with Crippen LogP contribution >= 0.6 is 0 Å². The Kier molecular flexibility index (Phi) is 1.99. The maximum absolute atomic E-state index is 12.6. The highest BCUT2D eigenvalue weighted by Gasteiger charge is 2.14. The van der Waals surface area contributed by atoms with Gasteiger partial charge in [0.1, 0.15) is 6.67 Å². The zero-order valence-electron chi connectivity index (χ0n) is 8.44. The highest BCUT2D eigenvalue weighted by atomic mass is 19.1. The average Bonchev–Trinajstić information content (AvgIpc) is 2.66. The third kappa shape index (κ3) is 1.35. The highest BCUT2D eigenvalue weighted by molar-refractivity contribution is 5.85. The van der Waals surface area contributed by atoms with Gasteiger partial charge in [-0.15, -0.1) is 0 Å². The smallest absolute Gasteiger partial charge is 0.115 e. The van der Waals surface area contributed by atoms with Crippen molar-refractivity contribution in [3.05, 3.63) is 35.0 Å². The normalized spacial score (nSPS) is 15.5. The van der Waals surface area contributed by atoms with Crippen molar-refractivity contribution in [3.63, 3.8) is 0 Å². The van der Waals surface area contributed by atoms with Crippen molar-refractivity contribution in [1.82, 2.24) is 10.3 Å². The minimum atomic E-state index is -0.386. The second kappa shape index (κ2) is 3.35. The monoisotopic (exact) mass is 204 g/mol. The van der Waals surface area contributed by atoms with Crippen LogP contribution in [-0.2, 0) is 19.6 Å². The third-order valence-corrected chi connectivity index (χ3v) is 3.07. The van der Waals surface area contributed by atoms with Crippen LogP contribution in [-0.4, -0.2) is 11.5 Å². The van der Waals surface area contributed by atoms with E-state index < -0.39 is 0 Å². The summed E-state index contributed by atoms with van der Waals surface area (Å²) in [5, 5.41) is 4.52. The number of aromatic nitrogens is 1. The van der Waals surface area contributed by atoms with Crippen molar-refractivity contribution in [2.24, 2.45) is 0 Å². The zero-order valence-corrected chi connectivity index (χ0v) is 8.44. The van der Waals surface area contributed by atoms with E-state index >= 15 is 0 Å². The molecule has 1 aromatic heterocycles. The first-order chi connectivity index (χ1) is 7.38. The molecule has 0 fully saturated rings. The van der Waals surface area contributed by atoms with Crippen LogP contribution in [0.15, 0.2) is 18.2 Å². The summed E-state index contributed by atoms with van der Waals surface area (Å²) in [6.07, 6.45) is 1.04. The highest BCUT2D eigenvalue weighted by Crippen LogP contribution is 2.26. The van der Waals surface area contributed by atoms with Gasteiger partial charge in [0.05, 0.1) is 0 Å². The number of H-pyrrole nitrogens is 1. The van der Waals surface area contributed by atoms with Crippen LogP contribution in [0.1, 0.15) is 16.8 Å². The Morgan fingerprint density at radius 1 is 1.33 bits per heavy atom. The zero-order chi connectivity index (χ0) is 10.3. The number of benzene rings is 1. The lowest BCUT2D eigenvalue weighted by Crippen LogP contribution is -2.22. The van der Waals surface area contributed by atoms with Gasteiger partial charge in [0.25, 0.3) is 0 Å². The molecular weight excluding hydrogens is 191 g/mol. The van der Waals surface area contributed by atoms with Crippen LogP contribution in [0.2, 0.25) is 0 Å². The quantitative estimate of drug-likeness (QED) is 0.732. The van der Waals surface area contributed by atoms with Crippen molar-refractivity contribution in [2.75, 3.05) is 6.54 Å². The lowest BCUT2D eigenvalue weighted by Gasteiger charge is -2.12. The van der Waals surface area contributed by atoms with Gasteiger partial charge < -0.3 is 10.3 Å². The van der Waals surface area contributed by atoms with Gasteiger partial charge in [-0.2, -0.15) is 0 Å². The lowest BCUT2D eigenvalue weighted by atomic mass is 10.0. The first kappa shape index (κ1) is 8.92. The van der Waals surface area contributed by atoms with Crippen LogP contribution in [0.5, 0.6) is 0 Å². The molecule has 0 aliphatic carbocycles. The van der Waals surface area contributed by atoms with Crippen molar-refractivity contribution in [1.29, 1.82) is 0 Å². The molecule has 3 rings (SSSR count). The van der Waals surface area contributed by atoms with Gasteiger partial charge in [0, 0.05) is 36.1 Å². The minimum absolute atomic E-state index is 0.386. The predicted molar refractivity (Wildman–Crippen MR) is 58.5 cm³/mol. The Morgan fingerprint density at radius 3 is 3.13 bits per heavy atom. The number of alkyl halides is 1. The van der Waals surface area contributed by atoms with Gasteiger partial charge >= 0.3 is 0 Å². The molecule has 0 radical (unpaired) electrons. The molecule has 1 aliphatic heterocycles. The van der Waals surface area contributed by atoms with Crippen LogP contribution in [0, 0.1) is 0 Å².